The second kappa shape index (κ2) is 5.14. The standard InChI is InChI=1S/C15H24F3N3/c1-2-13(14(5-6-14)15(16,17)18)10-20-21(11-13)9-12-3-7-19-8-4-12/h10,12,19H,2-9,11H2,1H3. The first-order valence-corrected chi connectivity index (χ1v) is 8.00. The van der Waals surface area contributed by atoms with Crippen molar-refractivity contribution in [3.05, 3.63) is 0 Å². The molecular formula is C15H24F3N3. The summed E-state index contributed by atoms with van der Waals surface area (Å²) in [4.78, 5) is 0. The van der Waals surface area contributed by atoms with Crippen LogP contribution in [0.4, 0.5) is 13.2 Å². The summed E-state index contributed by atoms with van der Waals surface area (Å²) in [6, 6.07) is 0. The van der Waals surface area contributed by atoms with Crippen LogP contribution < -0.4 is 5.32 Å². The van der Waals surface area contributed by atoms with E-state index in [4.69, 9.17) is 0 Å². The summed E-state index contributed by atoms with van der Waals surface area (Å²) in [5.41, 5.74) is -2.32. The zero-order valence-electron chi connectivity index (χ0n) is 12.5. The Balaban J connectivity index is 1.68. The molecule has 0 radical (unpaired) electrons. The van der Waals surface area contributed by atoms with Gasteiger partial charge in [0.05, 0.1) is 5.41 Å². The first kappa shape index (κ1) is 15.1. The van der Waals surface area contributed by atoms with E-state index in [0.717, 1.165) is 32.5 Å². The molecule has 1 aliphatic carbocycles. The van der Waals surface area contributed by atoms with Crippen LogP contribution in [-0.4, -0.2) is 43.6 Å². The Labute approximate surface area is 124 Å². The molecule has 0 aromatic rings. The molecule has 1 N–H and O–H groups in total. The normalized spacial score (nSPS) is 32.7. The number of alkyl halides is 3. The molecule has 6 heteroatoms. The molecule has 0 spiro atoms. The van der Waals surface area contributed by atoms with Gasteiger partial charge < -0.3 is 5.32 Å². The number of hydrazone groups is 1. The van der Waals surface area contributed by atoms with E-state index in [1.165, 1.54) is 0 Å². The summed E-state index contributed by atoms with van der Waals surface area (Å²) < 4.78 is 40.4. The monoisotopic (exact) mass is 303 g/mol. The molecular weight excluding hydrogens is 279 g/mol. The summed E-state index contributed by atoms with van der Waals surface area (Å²) in [6.45, 7) is 5.12. The Kier molecular flexibility index (Phi) is 3.71. The minimum atomic E-state index is -4.11. The van der Waals surface area contributed by atoms with Crippen molar-refractivity contribution in [2.75, 3.05) is 26.2 Å². The number of nitrogens with one attached hydrogen (secondary N) is 1. The summed E-state index contributed by atoms with van der Waals surface area (Å²) in [7, 11) is 0. The van der Waals surface area contributed by atoms with Gasteiger partial charge >= 0.3 is 6.18 Å². The van der Waals surface area contributed by atoms with Gasteiger partial charge in [0.1, 0.15) is 0 Å². The summed E-state index contributed by atoms with van der Waals surface area (Å²) in [5.74, 6) is 0.553. The van der Waals surface area contributed by atoms with Gasteiger partial charge in [-0.3, -0.25) is 5.01 Å². The maximum absolute atomic E-state index is 13.5. The fourth-order valence-electron chi connectivity index (χ4n) is 4.08. The Morgan fingerprint density at radius 2 is 1.95 bits per heavy atom. The maximum Gasteiger partial charge on any atom is 0.395 e. The molecule has 1 atom stereocenters. The van der Waals surface area contributed by atoms with Crippen molar-refractivity contribution in [2.24, 2.45) is 21.8 Å². The molecule has 3 rings (SSSR count). The Hall–Kier alpha value is -0.780. The van der Waals surface area contributed by atoms with E-state index in [0.29, 0.717) is 18.9 Å². The van der Waals surface area contributed by atoms with Gasteiger partial charge in [-0.15, -0.1) is 0 Å². The van der Waals surface area contributed by atoms with Gasteiger partial charge in [0.25, 0.3) is 0 Å². The number of halogens is 3. The summed E-state index contributed by atoms with van der Waals surface area (Å²) >= 11 is 0. The van der Waals surface area contributed by atoms with E-state index in [1.807, 2.05) is 11.9 Å². The fraction of sp³-hybridized carbons (Fsp3) is 0.933. The largest absolute Gasteiger partial charge is 0.395 e. The first-order chi connectivity index (χ1) is 9.92. The van der Waals surface area contributed by atoms with Crippen LogP contribution in [0, 0.1) is 16.7 Å². The molecule has 0 bridgehead atoms. The Morgan fingerprint density at radius 1 is 1.29 bits per heavy atom. The highest BCUT2D eigenvalue weighted by atomic mass is 19.4. The van der Waals surface area contributed by atoms with Crippen LogP contribution in [0.25, 0.3) is 0 Å². The fourth-order valence-corrected chi connectivity index (χ4v) is 4.08. The predicted molar refractivity (Wildman–Crippen MR) is 76.1 cm³/mol. The van der Waals surface area contributed by atoms with E-state index in [-0.39, 0.29) is 12.8 Å². The van der Waals surface area contributed by atoms with E-state index >= 15 is 0 Å². The lowest BCUT2D eigenvalue weighted by Crippen LogP contribution is -2.46. The first-order valence-electron chi connectivity index (χ1n) is 8.00. The molecule has 0 aromatic heterocycles. The Morgan fingerprint density at radius 3 is 2.48 bits per heavy atom. The van der Waals surface area contributed by atoms with Crippen molar-refractivity contribution in [1.82, 2.24) is 10.3 Å². The van der Waals surface area contributed by atoms with Gasteiger partial charge in [0, 0.05) is 24.7 Å². The number of hydrogen-bond donors (Lipinski definition) is 1. The molecule has 2 fully saturated rings. The molecule has 2 heterocycles. The lowest BCUT2D eigenvalue weighted by Gasteiger charge is -2.37. The van der Waals surface area contributed by atoms with E-state index < -0.39 is 17.0 Å². The van der Waals surface area contributed by atoms with Crippen LogP contribution in [0.2, 0.25) is 0 Å². The predicted octanol–water partition coefficient (Wildman–Crippen LogP) is 3.03. The van der Waals surface area contributed by atoms with Gasteiger partial charge in [-0.1, -0.05) is 6.92 Å². The van der Waals surface area contributed by atoms with Crippen LogP contribution in [0.3, 0.4) is 0 Å². The molecule has 1 saturated carbocycles. The molecule has 120 valence electrons. The molecule has 3 aliphatic rings. The average molecular weight is 303 g/mol. The van der Waals surface area contributed by atoms with Gasteiger partial charge in [-0.05, 0) is 51.1 Å². The second-order valence-electron chi connectivity index (χ2n) is 6.87. The quantitative estimate of drug-likeness (QED) is 0.864. The van der Waals surface area contributed by atoms with Crippen molar-refractivity contribution in [3.63, 3.8) is 0 Å². The molecule has 0 aromatic carbocycles. The zero-order chi connectivity index (χ0) is 15.1. The van der Waals surface area contributed by atoms with E-state index in [9.17, 15) is 13.2 Å². The topological polar surface area (TPSA) is 27.6 Å². The Bertz CT molecular complexity index is 411. The zero-order valence-corrected chi connectivity index (χ0v) is 12.5. The minimum absolute atomic E-state index is 0.261. The SMILES string of the molecule is CCC1(C2(C(F)(F)F)CC2)C=NN(CC2CCNCC2)C1. The lowest BCUT2D eigenvalue weighted by atomic mass is 9.71. The van der Waals surface area contributed by atoms with Crippen LogP contribution >= 0.6 is 0 Å². The van der Waals surface area contributed by atoms with Gasteiger partial charge in [0.15, 0.2) is 0 Å². The van der Waals surface area contributed by atoms with Crippen molar-refractivity contribution in [2.45, 2.75) is 45.2 Å². The highest BCUT2D eigenvalue weighted by molar-refractivity contribution is 5.70. The number of rotatable bonds is 4. The smallest absolute Gasteiger partial charge is 0.317 e. The van der Waals surface area contributed by atoms with Crippen LogP contribution in [0.15, 0.2) is 5.10 Å². The van der Waals surface area contributed by atoms with Crippen molar-refractivity contribution >= 4 is 6.21 Å². The summed E-state index contributed by atoms with van der Waals surface area (Å²) in [5, 5.41) is 9.57. The van der Waals surface area contributed by atoms with E-state index in [2.05, 4.69) is 10.4 Å². The van der Waals surface area contributed by atoms with Gasteiger partial charge in [0.2, 0.25) is 0 Å². The van der Waals surface area contributed by atoms with Gasteiger partial charge in [-0.2, -0.15) is 18.3 Å². The third-order valence-corrected chi connectivity index (χ3v) is 5.74. The highest BCUT2D eigenvalue weighted by Crippen LogP contribution is 2.68. The minimum Gasteiger partial charge on any atom is -0.317 e. The molecule has 3 nitrogen and oxygen atoms in total. The van der Waals surface area contributed by atoms with Crippen LogP contribution in [0.5, 0.6) is 0 Å². The molecule has 2 aliphatic heterocycles. The molecule has 0 amide bonds. The maximum atomic E-state index is 13.5. The average Bonchev–Trinajstić information content (AvgIpc) is 3.18. The highest BCUT2D eigenvalue weighted by Gasteiger charge is 2.73. The van der Waals surface area contributed by atoms with Crippen molar-refractivity contribution < 1.29 is 13.2 Å². The number of hydrogen-bond acceptors (Lipinski definition) is 3. The molecule has 21 heavy (non-hydrogen) atoms. The third-order valence-electron chi connectivity index (χ3n) is 5.74. The van der Waals surface area contributed by atoms with Crippen molar-refractivity contribution in [3.8, 4) is 0 Å². The van der Waals surface area contributed by atoms with Crippen LogP contribution in [0.1, 0.15) is 39.0 Å². The van der Waals surface area contributed by atoms with Gasteiger partial charge in [-0.25, -0.2) is 0 Å². The van der Waals surface area contributed by atoms with Crippen molar-refractivity contribution in [1.29, 1.82) is 0 Å². The van der Waals surface area contributed by atoms with E-state index in [1.54, 1.807) is 6.21 Å². The number of nitrogens with zero attached hydrogens (tertiary/aromatic N) is 2. The summed E-state index contributed by atoms with van der Waals surface area (Å²) in [6.07, 6.45) is 0.729. The molecule has 1 unspecified atom stereocenters. The molecule has 1 saturated heterocycles. The lowest BCUT2D eigenvalue weighted by molar-refractivity contribution is -0.212. The number of piperidine rings is 1. The third kappa shape index (κ3) is 2.45. The van der Waals surface area contributed by atoms with Crippen LogP contribution in [-0.2, 0) is 0 Å². The second-order valence-corrected chi connectivity index (χ2v) is 6.87.